The largest absolute Gasteiger partial charge is 0.515 e. The maximum absolute atomic E-state index is 12.9. The van der Waals surface area contributed by atoms with Gasteiger partial charge < -0.3 is 19.4 Å². The maximum Gasteiger partial charge on any atom is 0.515 e. The summed E-state index contributed by atoms with van der Waals surface area (Å²) in [6.45, 7) is 1.81. The third-order valence-electron chi connectivity index (χ3n) is 3.86. The topological polar surface area (TPSA) is 71.6 Å². The molecule has 1 N–H and O–H groups in total. The first kappa shape index (κ1) is 19.1. The second kappa shape index (κ2) is 7.90. The quantitative estimate of drug-likeness (QED) is 0.597. The fourth-order valence-electron chi connectivity index (χ4n) is 2.71. The zero-order valence-electron chi connectivity index (χ0n) is 14.6. The van der Waals surface area contributed by atoms with Crippen molar-refractivity contribution in [1.82, 2.24) is 4.98 Å². The number of ether oxygens (including phenoxy) is 2. The van der Waals surface area contributed by atoms with E-state index in [0.29, 0.717) is 32.2 Å². The first-order valence-corrected chi connectivity index (χ1v) is 8.86. The highest BCUT2D eigenvalue weighted by atomic mass is 35.5. The number of aromatic amines is 1. The molecular formula is C19H16Cl2N2O4. The number of benzene rings is 2. The van der Waals surface area contributed by atoms with E-state index in [1.165, 1.54) is 4.90 Å². The van der Waals surface area contributed by atoms with Crippen molar-refractivity contribution in [1.29, 1.82) is 0 Å². The van der Waals surface area contributed by atoms with E-state index >= 15 is 0 Å². The van der Waals surface area contributed by atoms with E-state index in [2.05, 4.69) is 4.98 Å². The number of carbonyl (C=O) groups excluding carboxylic acids is 2. The number of nitrogens with zero attached hydrogens (tertiary/aromatic N) is 1. The van der Waals surface area contributed by atoms with Crippen LogP contribution in [0.5, 0.6) is 5.88 Å². The smallest absolute Gasteiger partial charge is 0.434 e. The zero-order chi connectivity index (χ0) is 19.6. The third kappa shape index (κ3) is 3.86. The molecule has 140 valence electrons. The van der Waals surface area contributed by atoms with Gasteiger partial charge in [-0.1, -0.05) is 41.4 Å². The number of amides is 1. The third-order valence-corrected chi connectivity index (χ3v) is 4.38. The fraction of sp³-hybridized carbons (Fsp3) is 0.158. The van der Waals surface area contributed by atoms with Gasteiger partial charge in [0.05, 0.1) is 17.1 Å². The van der Waals surface area contributed by atoms with Gasteiger partial charge in [0.15, 0.2) is 0 Å². The number of halogens is 2. The number of carbonyl (C=O) groups is 2. The van der Waals surface area contributed by atoms with Crippen molar-refractivity contribution in [2.24, 2.45) is 0 Å². The van der Waals surface area contributed by atoms with Gasteiger partial charge in [-0.25, -0.2) is 4.79 Å². The summed E-state index contributed by atoms with van der Waals surface area (Å²) in [5.41, 5.74) is 1.31. The van der Waals surface area contributed by atoms with Crippen LogP contribution in [0.4, 0.5) is 10.5 Å². The average Bonchev–Trinajstić information content (AvgIpc) is 2.99. The first-order valence-electron chi connectivity index (χ1n) is 8.10. The van der Waals surface area contributed by atoms with Crippen LogP contribution in [-0.2, 0) is 4.74 Å². The van der Waals surface area contributed by atoms with Gasteiger partial charge in [0.1, 0.15) is 5.69 Å². The van der Waals surface area contributed by atoms with Gasteiger partial charge in [-0.05, 0) is 31.2 Å². The second-order valence-electron chi connectivity index (χ2n) is 5.63. The van der Waals surface area contributed by atoms with Gasteiger partial charge in [-0.15, -0.1) is 0 Å². The molecule has 2 aromatic carbocycles. The van der Waals surface area contributed by atoms with E-state index in [1.54, 1.807) is 50.4 Å². The molecule has 1 aromatic heterocycles. The van der Waals surface area contributed by atoms with Gasteiger partial charge in [0, 0.05) is 23.0 Å². The Bertz CT molecular complexity index is 1000. The Balaban J connectivity index is 2.13. The summed E-state index contributed by atoms with van der Waals surface area (Å²) in [7, 11) is 1.57. The predicted octanol–water partition coefficient (Wildman–Crippen LogP) is 5.29. The highest BCUT2D eigenvalue weighted by Gasteiger charge is 2.26. The summed E-state index contributed by atoms with van der Waals surface area (Å²) >= 11 is 12.4. The number of nitrogens with one attached hydrogen (secondary N) is 1. The van der Waals surface area contributed by atoms with Gasteiger partial charge >= 0.3 is 6.16 Å². The molecule has 0 fully saturated rings. The van der Waals surface area contributed by atoms with Crippen LogP contribution in [-0.4, -0.2) is 30.7 Å². The summed E-state index contributed by atoms with van der Waals surface area (Å²) < 4.78 is 10.1. The zero-order valence-corrected chi connectivity index (χ0v) is 16.1. The van der Waals surface area contributed by atoms with E-state index in [4.69, 9.17) is 32.7 Å². The van der Waals surface area contributed by atoms with Crippen LogP contribution < -0.4 is 9.64 Å². The van der Waals surface area contributed by atoms with Gasteiger partial charge in [0.2, 0.25) is 5.88 Å². The SMILES string of the molecule is CCOC(=O)Oc1[nH]c2cc(Cl)cc(Cl)c2c1N(C)C(=O)c1ccccc1. The Morgan fingerprint density at radius 2 is 1.85 bits per heavy atom. The van der Waals surface area contributed by atoms with Crippen molar-refractivity contribution in [3.63, 3.8) is 0 Å². The minimum Gasteiger partial charge on any atom is -0.434 e. The highest BCUT2D eigenvalue weighted by Crippen LogP contribution is 2.42. The highest BCUT2D eigenvalue weighted by molar-refractivity contribution is 6.40. The molecule has 8 heteroatoms. The maximum atomic E-state index is 12.9. The Kier molecular flexibility index (Phi) is 5.58. The Hall–Kier alpha value is -2.70. The molecule has 0 aliphatic rings. The van der Waals surface area contributed by atoms with E-state index in [1.807, 2.05) is 6.07 Å². The molecule has 0 unspecified atom stereocenters. The van der Waals surface area contributed by atoms with Crippen LogP contribution >= 0.6 is 23.2 Å². The summed E-state index contributed by atoms with van der Waals surface area (Å²) in [6, 6.07) is 11.9. The molecule has 1 amide bonds. The lowest BCUT2D eigenvalue weighted by molar-refractivity contribution is 0.0977. The van der Waals surface area contributed by atoms with Crippen molar-refractivity contribution >= 4 is 51.9 Å². The molecule has 3 aromatic rings. The van der Waals surface area contributed by atoms with Crippen molar-refractivity contribution < 1.29 is 19.1 Å². The molecule has 0 atom stereocenters. The summed E-state index contributed by atoms with van der Waals surface area (Å²) in [5.74, 6) is -0.254. The molecule has 0 saturated heterocycles. The number of fused-ring (bicyclic) bond motifs is 1. The van der Waals surface area contributed by atoms with Crippen LogP contribution in [0.25, 0.3) is 10.9 Å². The number of H-pyrrole nitrogens is 1. The van der Waals surface area contributed by atoms with Crippen molar-refractivity contribution in [3.05, 3.63) is 58.1 Å². The second-order valence-corrected chi connectivity index (χ2v) is 6.47. The summed E-state index contributed by atoms with van der Waals surface area (Å²) in [5, 5.41) is 1.22. The molecule has 0 aliphatic carbocycles. The van der Waals surface area contributed by atoms with Gasteiger partial charge in [-0.3, -0.25) is 4.79 Å². The monoisotopic (exact) mass is 406 g/mol. The molecule has 0 radical (unpaired) electrons. The number of hydrogen-bond acceptors (Lipinski definition) is 4. The number of anilines is 1. The molecule has 1 heterocycles. The van der Waals surface area contributed by atoms with Crippen molar-refractivity contribution in [2.45, 2.75) is 6.92 Å². The minimum atomic E-state index is -0.895. The van der Waals surface area contributed by atoms with Crippen LogP contribution in [0.1, 0.15) is 17.3 Å². The Labute approximate surface area is 165 Å². The number of hydrogen-bond donors (Lipinski definition) is 1. The lowest BCUT2D eigenvalue weighted by Crippen LogP contribution is -2.27. The molecule has 0 saturated carbocycles. The first-order chi connectivity index (χ1) is 12.9. The lowest BCUT2D eigenvalue weighted by atomic mass is 10.1. The number of rotatable bonds is 4. The molecule has 0 spiro atoms. The van der Waals surface area contributed by atoms with Crippen LogP contribution in [0, 0.1) is 0 Å². The van der Waals surface area contributed by atoms with Crippen molar-refractivity contribution in [2.75, 3.05) is 18.6 Å². The Morgan fingerprint density at radius 3 is 2.52 bits per heavy atom. The normalized spacial score (nSPS) is 10.7. The molecule has 3 rings (SSSR count). The summed E-state index contributed by atoms with van der Waals surface area (Å²) in [6.07, 6.45) is -0.895. The van der Waals surface area contributed by atoms with Gasteiger partial charge in [-0.2, -0.15) is 0 Å². The lowest BCUT2D eigenvalue weighted by Gasteiger charge is -2.18. The van der Waals surface area contributed by atoms with E-state index in [-0.39, 0.29) is 18.4 Å². The van der Waals surface area contributed by atoms with Crippen LogP contribution in [0.15, 0.2) is 42.5 Å². The molecular weight excluding hydrogens is 391 g/mol. The fourth-order valence-corrected chi connectivity index (χ4v) is 3.29. The van der Waals surface area contributed by atoms with Crippen LogP contribution in [0.2, 0.25) is 10.0 Å². The van der Waals surface area contributed by atoms with E-state index in [0.717, 1.165) is 0 Å². The minimum absolute atomic E-state index is 0.0411. The molecule has 0 bridgehead atoms. The summed E-state index contributed by atoms with van der Waals surface area (Å²) in [4.78, 5) is 29.0. The van der Waals surface area contributed by atoms with E-state index < -0.39 is 6.16 Å². The molecule has 0 aliphatic heterocycles. The molecule has 27 heavy (non-hydrogen) atoms. The van der Waals surface area contributed by atoms with Crippen LogP contribution in [0.3, 0.4) is 0 Å². The predicted molar refractivity (Wildman–Crippen MR) is 105 cm³/mol. The Morgan fingerprint density at radius 1 is 1.15 bits per heavy atom. The van der Waals surface area contributed by atoms with Gasteiger partial charge in [0.25, 0.3) is 5.91 Å². The molecule has 6 nitrogen and oxygen atoms in total. The number of aromatic nitrogens is 1. The van der Waals surface area contributed by atoms with E-state index in [9.17, 15) is 9.59 Å². The standard InChI is InChI=1S/C19H16Cl2N2O4/c1-3-26-19(25)27-17-16(15-13(21)9-12(20)10-14(15)22-17)23(2)18(24)11-7-5-4-6-8-11/h4-10,22H,3H2,1-2H3. The van der Waals surface area contributed by atoms with Crippen molar-refractivity contribution in [3.8, 4) is 5.88 Å². The average molecular weight is 407 g/mol.